The third kappa shape index (κ3) is 4.52. The summed E-state index contributed by atoms with van der Waals surface area (Å²) < 4.78 is 18.1. The monoisotopic (exact) mass is 302 g/mol. The molecule has 0 spiro atoms. The molecule has 0 fully saturated rings. The molecule has 0 aliphatic rings. The highest BCUT2D eigenvalue weighted by Crippen LogP contribution is 2.26. The number of thioether (sulfide) groups is 1. The third-order valence-corrected chi connectivity index (χ3v) is 3.87. The number of methoxy groups -OCH3 is 1. The van der Waals surface area contributed by atoms with Crippen LogP contribution in [0.2, 0.25) is 0 Å². The van der Waals surface area contributed by atoms with Crippen molar-refractivity contribution in [1.82, 2.24) is 0 Å². The minimum Gasteiger partial charge on any atom is -0.495 e. The number of ether oxygens (including phenoxy) is 1. The summed E-state index contributed by atoms with van der Waals surface area (Å²) in [7, 11) is 1.59. The SMILES string of the molecule is COc1ccc(CSc2ccc(F)cc2)cc1C#CCO. The van der Waals surface area contributed by atoms with Crippen LogP contribution in [-0.2, 0) is 5.75 Å². The molecule has 0 aromatic heterocycles. The van der Waals surface area contributed by atoms with Crippen LogP contribution in [0.1, 0.15) is 11.1 Å². The van der Waals surface area contributed by atoms with Crippen molar-refractivity contribution in [3.63, 3.8) is 0 Å². The van der Waals surface area contributed by atoms with Gasteiger partial charge in [-0.25, -0.2) is 4.39 Å². The second-order valence-electron chi connectivity index (χ2n) is 4.24. The molecular formula is C17H15FO2S. The Kier molecular flexibility index (Phi) is 5.68. The highest BCUT2D eigenvalue weighted by Gasteiger charge is 2.03. The number of aliphatic hydroxyl groups excluding tert-OH is 1. The van der Waals surface area contributed by atoms with E-state index in [0.29, 0.717) is 5.75 Å². The molecule has 0 heterocycles. The highest BCUT2D eigenvalue weighted by molar-refractivity contribution is 7.98. The van der Waals surface area contributed by atoms with Gasteiger partial charge in [-0.2, -0.15) is 0 Å². The molecule has 0 atom stereocenters. The van der Waals surface area contributed by atoms with Crippen molar-refractivity contribution in [3.05, 3.63) is 59.4 Å². The van der Waals surface area contributed by atoms with Crippen LogP contribution in [0.15, 0.2) is 47.4 Å². The summed E-state index contributed by atoms with van der Waals surface area (Å²) in [6, 6.07) is 12.2. The van der Waals surface area contributed by atoms with Crippen LogP contribution < -0.4 is 4.74 Å². The second-order valence-corrected chi connectivity index (χ2v) is 5.29. The molecule has 4 heteroatoms. The average Bonchev–Trinajstić information content (AvgIpc) is 2.52. The fourth-order valence-corrected chi connectivity index (χ4v) is 2.62. The van der Waals surface area contributed by atoms with Crippen molar-refractivity contribution in [3.8, 4) is 17.6 Å². The van der Waals surface area contributed by atoms with Crippen LogP contribution >= 0.6 is 11.8 Å². The lowest BCUT2D eigenvalue weighted by Crippen LogP contribution is -1.91. The summed E-state index contributed by atoms with van der Waals surface area (Å²) in [5, 5.41) is 8.79. The zero-order chi connectivity index (χ0) is 15.1. The van der Waals surface area contributed by atoms with Crippen molar-refractivity contribution in [2.45, 2.75) is 10.6 Å². The topological polar surface area (TPSA) is 29.5 Å². The third-order valence-electron chi connectivity index (χ3n) is 2.79. The van der Waals surface area contributed by atoms with E-state index in [0.717, 1.165) is 21.8 Å². The predicted molar refractivity (Wildman–Crippen MR) is 82.9 cm³/mol. The second kappa shape index (κ2) is 7.72. The standard InChI is InChI=1S/C17H15FO2S/c1-20-17-9-4-13(11-14(17)3-2-10-19)12-21-16-7-5-15(18)6-8-16/h4-9,11,19H,10,12H2,1H3. The number of halogens is 1. The van der Waals surface area contributed by atoms with Crippen molar-refractivity contribution in [2.24, 2.45) is 0 Å². The van der Waals surface area contributed by atoms with Crippen LogP contribution in [0.25, 0.3) is 0 Å². The first-order valence-electron chi connectivity index (χ1n) is 6.38. The average molecular weight is 302 g/mol. The summed E-state index contributed by atoms with van der Waals surface area (Å²) in [4.78, 5) is 1.01. The Morgan fingerprint density at radius 2 is 1.95 bits per heavy atom. The van der Waals surface area contributed by atoms with Crippen molar-refractivity contribution in [2.75, 3.05) is 13.7 Å². The summed E-state index contributed by atoms with van der Waals surface area (Å²) in [6.45, 7) is -0.183. The highest BCUT2D eigenvalue weighted by atomic mass is 32.2. The summed E-state index contributed by atoms with van der Waals surface area (Å²) in [5.41, 5.74) is 1.84. The van der Waals surface area contributed by atoms with Gasteiger partial charge in [0.1, 0.15) is 18.2 Å². The number of hydrogen-bond donors (Lipinski definition) is 1. The summed E-state index contributed by atoms with van der Waals surface area (Å²) in [5.74, 6) is 6.71. The maximum atomic E-state index is 12.8. The molecule has 2 aromatic carbocycles. The molecule has 0 radical (unpaired) electrons. The lowest BCUT2D eigenvalue weighted by molar-refractivity contribution is 0.350. The van der Waals surface area contributed by atoms with E-state index < -0.39 is 0 Å². The zero-order valence-electron chi connectivity index (χ0n) is 11.6. The fraction of sp³-hybridized carbons (Fsp3) is 0.176. The van der Waals surface area contributed by atoms with Gasteiger partial charge in [0.2, 0.25) is 0 Å². The van der Waals surface area contributed by atoms with Crippen LogP contribution in [-0.4, -0.2) is 18.8 Å². The molecule has 2 nitrogen and oxygen atoms in total. The first kappa shape index (κ1) is 15.4. The van der Waals surface area contributed by atoms with Crippen LogP contribution in [0.5, 0.6) is 5.75 Å². The number of benzene rings is 2. The van der Waals surface area contributed by atoms with E-state index in [2.05, 4.69) is 11.8 Å². The van der Waals surface area contributed by atoms with E-state index in [1.54, 1.807) is 31.0 Å². The van der Waals surface area contributed by atoms with Gasteiger partial charge >= 0.3 is 0 Å². The Balaban J connectivity index is 2.11. The van der Waals surface area contributed by atoms with E-state index in [9.17, 15) is 4.39 Å². The maximum absolute atomic E-state index is 12.8. The Morgan fingerprint density at radius 3 is 2.62 bits per heavy atom. The van der Waals surface area contributed by atoms with Gasteiger partial charge in [0.25, 0.3) is 0 Å². The molecule has 108 valence electrons. The largest absolute Gasteiger partial charge is 0.495 e. The molecule has 1 N–H and O–H groups in total. The summed E-state index contributed by atoms with van der Waals surface area (Å²) in [6.07, 6.45) is 0. The molecule has 0 aliphatic heterocycles. The van der Waals surface area contributed by atoms with E-state index in [1.807, 2.05) is 18.2 Å². The predicted octanol–water partition coefficient (Wildman–Crippen LogP) is 3.47. The van der Waals surface area contributed by atoms with Crippen LogP contribution in [0.3, 0.4) is 0 Å². The molecule has 21 heavy (non-hydrogen) atoms. The minimum atomic E-state index is -0.231. The smallest absolute Gasteiger partial charge is 0.134 e. The Bertz CT molecular complexity index is 657. The first-order chi connectivity index (χ1) is 10.2. The molecule has 0 saturated heterocycles. The molecule has 2 rings (SSSR count). The van der Waals surface area contributed by atoms with Crippen molar-refractivity contribution >= 4 is 11.8 Å². The van der Waals surface area contributed by atoms with Gasteiger partial charge in [-0.05, 0) is 42.0 Å². The van der Waals surface area contributed by atoms with Crippen LogP contribution in [0, 0.1) is 17.7 Å². The minimum absolute atomic E-state index is 0.183. The zero-order valence-corrected chi connectivity index (χ0v) is 12.4. The van der Waals surface area contributed by atoms with Crippen molar-refractivity contribution in [1.29, 1.82) is 0 Å². The van der Waals surface area contributed by atoms with Crippen molar-refractivity contribution < 1.29 is 14.2 Å². The lowest BCUT2D eigenvalue weighted by atomic mass is 10.1. The quantitative estimate of drug-likeness (QED) is 0.693. The maximum Gasteiger partial charge on any atom is 0.134 e. The molecule has 0 amide bonds. The molecule has 2 aromatic rings. The van der Waals surface area contributed by atoms with Gasteiger partial charge < -0.3 is 9.84 Å². The summed E-state index contributed by atoms with van der Waals surface area (Å²) >= 11 is 1.62. The van der Waals surface area contributed by atoms with Gasteiger partial charge in [-0.3, -0.25) is 0 Å². The van der Waals surface area contributed by atoms with Gasteiger partial charge in [0.05, 0.1) is 12.7 Å². The number of aliphatic hydroxyl groups is 1. The van der Waals surface area contributed by atoms with Gasteiger partial charge in [-0.15, -0.1) is 11.8 Å². The first-order valence-corrected chi connectivity index (χ1v) is 7.36. The van der Waals surface area contributed by atoms with E-state index in [-0.39, 0.29) is 12.4 Å². The Morgan fingerprint density at radius 1 is 1.19 bits per heavy atom. The van der Waals surface area contributed by atoms with Gasteiger partial charge in [-0.1, -0.05) is 17.9 Å². The normalized spacial score (nSPS) is 9.86. The Labute approximate surface area is 128 Å². The lowest BCUT2D eigenvalue weighted by Gasteiger charge is -2.07. The number of hydrogen-bond acceptors (Lipinski definition) is 3. The number of rotatable bonds is 4. The van der Waals surface area contributed by atoms with Gasteiger partial charge in [0.15, 0.2) is 0 Å². The molecule has 0 aliphatic carbocycles. The molecule has 0 saturated carbocycles. The van der Waals surface area contributed by atoms with E-state index >= 15 is 0 Å². The fourth-order valence-electron chi connectivity index (χ4n) is 1.77. The molecule has 0 unspecified atom stereocenters. The molecular weight excluding hydrogens is 287 g/mol. The van der Waals surface area contributed by atoms with E-state index in [1.165, 1.54) is 12.1 Å². The van der Waals surface area contributed by atoms with Gasteiger partial charge in [0, 0.05) is 10.6 Å². The van der Waals surface area contributed by atoms with Crippen LogP contribution in [0.4, 0.5) is 4.39 Å². The van der Waals surface area contributed by atoms with E-state index in [4.69, 9.17) is 9.84 Å². The Hall–Kier alpha value is -1.96. The molecule has 0 bridgehead atoms.